The summed E-state index contributed by atoms with van der Waals surface area (Å²) in [6.45, 7) is 1.73. The predicted molar refractivity (Wildman–Crippen MR) is 98.5 cm³/mol. The van der Waals surface area contributed by atoms with E-state index in [2.05, 4.69) is 0 Å². The smallest absolute Gasteiger partial charge is 0.227 e. The molecule has 2 aromatic carbocycles. The van der Waals surface area contributed by atoms with Crippen molar-refractivity contribution in [3.05, 3.63) is 64.7 Å². The lowest BCUT2D eigenvalue weighted by Crippen LogP contribution is -2.42. The molecule has 1 heterocycles. The minimum absolute atomic E-state index is 0. The zero-order valence-corrected chi connectivity index (χ0v) is 14.7. The average Bonchev–Trinajstić information content (AvgIpc) is 2.58. The van der Waals surface area contributed by atoms with E-state index >= 15 is 0 Å². The van der Waals surface area contributed by atoms with Crippen molar-refractivity contribution >= 4 is 35.6 Å². The van der Waals surface area contributed by atoms with Gasteiger partial charge in [-0.1, -0.05) is 35.9 Å². The molecule has 1 amide bonds. The maximum absolute atomic E-state index is 12.5. The van der Waals surface area contributed by atoms with Gasteiger partial charge in [-0.3, -0.25) is 4.79 Å². The second-order valence-corrected chi connectivity index (χ2v) is 6.11. The number of nitrogens with two attached hydrogens (primary N) is 1. The van der Waals surface area contributed by atoms with Gasteiger partial charge in [-0.05, 0) is 35.4 Å². The number of hydrogen-bond acceptors (Lipinski definition) is 3. The van der Waals surface area contributed by atoms with Crippen LogP contribution < -0.4 is 5.73 Å². The summed E-state index contributed by atoms with van der Waals surface area (Å²) in [6, 6.07) is 15.0. The molecule has 1 fully saturated rings. The summed E-state index contributed by atoms with van der Waals surface area (Å²) in [4.78, 5) is 14.4. The molecule has 0 saturated carbocycles. The van der Waals surface area contributed by atoms with Crippen LogP contribution in [0.1, 0.15) is 17.2 Å². The van der Waals surface area contributed by atoms with E-state index in [1.807, 2.05) is 53.4 Å². The molecule has 6 heteroatoms. The normalized spacial score (nSPS) is 17.2. The Kier molecular flexibility index (Phi) is 6.49. The number of rotatable bonds is 3. The number of hydrogen-bond donors (Lipinski definition) is 1. The summed E-state index contributed by atoms with van der Waals surface area (Å²) in [5, 5.41) is 0.695. The highest BCUT2D eigenvalue weighted by Gasteiger charge is 2.25. The SMILES string of the molecule is Cl.Nc1ccc(CC(=O)N2CCOC(c3ccc(Cl)cc3)C2)cc1. The molecule has 2 N–H and O–H groups in total. The number of nitrogens with zero attached hydrogens (tertiary/aromatic N) is 1. The van der Waals surface area contributed by atoms with Crippen LogP contribution in [-0.2, 0) is 16.0 Å². The monoisotopic (exact) mass is 366 g/mol. The molecule has 1 aliphatic rings. The maximum atomic E-state index is 12.5. The summed E-state index contributed by atoms with van der Waals surface area (Å²) in [6.07, 6.45) is 0.282. The molecule has 2 aromatic rings. The Morgan fingerprint density at radius 2 is 1.83 bits per heavy atom. The third kappa shape index (κ3) is 4.63. The summed E-state index contributed by atoms with van der Waals surface area (Å²) >= 11 is 5.92. The number of carbonyl (C=O) groups excluding carboxylic acids is 1. The molecule has 1 unspecified atom stereocenters. The standard InChI is InChI=1S/C18H19ClN2O2.ClH/c19-15-5-3-14(4-6-15)17-12-21(9-10-23-17)18(22)11-13-1-7-16(20)8-2-13;/h1-8,17H,9-12,20H2;1H. The Bertz CT molecular complexity index is 674. The molecular formula is C18H20Cl2N2O2. The van der Waals surface area contributed by atoms with E-state index in [-0.39, 0.29) is 24.4 Å². The first-order valence-corrected chi connectivity index (χ1v) is 7.99. The van der Waals surface area contributed by atoms with Crippen molar-refractivity contribution in [3.63, 3.8) is 0 Å². The van der Waals surface area contributed by atoms with Crippen molar-refractivity contribution < 1.29 is 9.53 Å². The summed E-state index contributed by atoms with van der Waals surface area (Å²) in [7, 11) is 0. The molecule has 4 nitrogen and oxygen atoms in total. The molecule has 1 aliphatic heterocycles. The molecule has 1 saturated heterocycles. The number of halogens is 2. The minimum Gasteiger partial charge on any atom is -0.399 e. The van der Waals surface area contributed by atoms with Gasteiger partial charge in [0, 0.05) is 17.3 Å². The van der Waals surface area contributed by atoms with Gasteiger partial charge in [0.1, 0.15) is 6.10 Å². The zero-order valence-electron chi connectivity index (χ0n) is 13.2. The van der Waals surface area contributed by atoms with Crippen molar-refractivity contribution in [3.8, 4) is 0 Å². The van der Waals surface area contributed by atoms with Crippen LogP contribution in [0.2, 0.25) is 5.02 Å². The van der Waals surface area contributed by atoms with Crippen LogP contribution in [0.4, 0.5) is 5.69 Å². The van der Waals surface area contributed by atoms with Crippen LogP contribution in [0.3, 0.4) is 0 Å². The number of amides is 1. The average molecular weight is 367 g/mol. The van der Waals surface area contributed by atoms with Crippen LogP contribution in [0.5, 0.6) is 0 Å². The van der Waals surface area contributed by atoms with Crippen LogP contribution >= 0.6 is 24.0 Å². The zero-order chi connectivity index (χ0) is 16.2. The summed E-state index contributed by atoms with van der Waals surface area (Å²) in [5.74, 6) is 0.108. The third-order valence-electron chi connectivity index (χ3n) is 4.00. The number of morpholine rings is 1. The quantitative estimate of drug-likeness (QED) is 0.845. The van der Waals surface area contributed by atoms with Gasteiger partial charge < -0.3 is 15.4 Å². The van der Waals surface area contributed by atoms with Gasteiger partial charge in [-0.15, -0.1) is 12.4 Å². The number of benzene rings is 2. The highest BCUT2D eigenvalue weighted by molar-refractivity contribution is 6.30. The highest BCUT2D eigenvalue weighted by atomic mass is 35.5. The predicted octanol–water partition coefficient (Wildman–Crippen LogP) is 3.49. The Hall–Kier alpha value is -1.75. The fourth-order valence-corrected chi connectivity index (χ4v) is 2.80. The van der Waals surface area contributed by atoms with Gasteiger partial charge in [0.15, 0.2) is 0 Å². The number of ether oxygens (including phenoxy) is 1. The van der Waals surface area contributed by atoms with E-state index in [0.29, 0.717) is 36.8 Å². The van der Waals surface area contributed by atoms with Crippen molar-refractivity contribution in [2.75, 3.05) is 25.4 Å². The van der Waals surface area contributed by atoms with E-state index in [4.69, 9.17) is 22.1 Å². The van der Waals surface area contributed by atoms with Gasteiger partial charge in [0.2, 0.25) is 5.91 Å². The molecule has 24 heavy (non-hydrogen) atoms. The molecule has 0 radical (unpaired) electrons. The topological polar surface area (TPSA) is 55.6 Å². The lowest BCUT2D eigenvalue weighted by Gasteiger charge is -2.33. The van der Waals surface area contributed by atoms with E-state index in [1.54, 1.807) is 0 Å². The molecule has 0 spiro atoms. The Morgan fingerprint density at radius 1 is 1.17 bits per heavy atom. The van der Waals surface area contributed by atoms with E-state index in [1.165, 1.54) is 0 Å². The third-order valence-corrected chi connectivity index (χ3v) is 4.25. The second kappa shape index (κ2) is 8.38. The number of nitrogen functional groups attached to an aromatic ring is 1. The van der Waals surface area contributed by atoms with Gasteiger partial charge in [-0.2, -0.15) is 0 Å². The lowest BCUT2D eigenvalue weighted by atomic mass is 10.1. The van der Waals surface area contributed by atoms with Crippen molar-refractivity contribution in [2.45, 2.75) is 12.5 Å². The van der Waals surface area contributed by atoms with Gasteiger partial charge in [0.25, 0.3) is 0 Å². The first-order valence-electron chi connectivity index (χ1n) is 7.61. The van der Waals surface area contributed by atoms with E-state index in [9.17, 15) is 4.79 Å². The van der Waals surface area contributed by atoms with Crippen LogP contribution in [0, 0.1) is 0 Å². The maximum Gasteiger partial charge on any atom is 0.227 e. The Balaban J connectivity index is 0.00000208. The molecule has 128 valence electrons. The second-order valence-electron chi connectivity index (χ2n) is 5.67. The number of anilines is 1. The highest BCUT2D eigenvalue weighted by Crippen LogP contribution is 2.24. The molecule has 0 aromatic heterocycles. The molecule has 3 rings (SSSR count). The first-order chi connectivity index (χ1) is 11.1. The van der Waals surface area contributed by atoms with Crippen LogP contribution in [-0.4, -0.2) is 30.5 Å². The Morgan fingerprint density at radius 3 is 2.50 bits per heavy atom. The van der Waals surface area contributed by atoms with Gasteiger partial charge in [-0.25, -0.2) is 0 Å². The van der Waals surface area contributed by atoms with Crippen molar-refractivity contribution in [1.29, 1.82) is 0 Å². The number of carbonyl (C=O) groups is 1. The van der Waals surface area contributed by atoms with Gasteiger partial charge >= 0.3 is 0 Å². The summed E-state index contributed by atoms with van der Waals surface area (Å²) < 4.78 is 5.80. The van der Waals surface area contributed by atoms with E-state index in [0.717, 1.165) is 11.1 Å². The molecular weight excluding hydrogens is 347 g/mol. The van der Waals surface area contributed by atoms with Gasteiger partial charge in [0.05, 0.1) is 19.6 Å². The van der Waals surface area contributed by atoms with E-state index < -0.39 is 0 Å². The van der Waals surface area contributed by atoms with Crippen LogP contribution in [0.15, 0.2) is 48.5 Å². The fraction of sp³-hybridized carbons (Fsp3) is 0.278. The van der Waals surface area contributed by atoms with Crippen LogP contribution in [0.25, 0.3) is 0 Å². The van der Waals surface area contributed by atoms with Crippen molar-refractivity contribution in [1.82, 2.24) is 4.90 Å². The van der Waals surface area contributed by atoms with Crippen molar-refractivity contribution in [2.24, 2.45) is 0 Å². The lowest BCUT2D eigenvalue weighted by molar-refractivity contribution is -0.138. The Labute approximate surface area is 153 Å². The summed E-state index contributed by atoms with van der Waals surface area (Å²) in [5.41, 5.74) is 8.39. The molecule has 0 bridgehead atoms. The largest absolute Gasteiger partial charge is 0.399 e. The first kappa shape index (κ1) is 18.6. The molecule has 0 aliphatic carbocycles. The molecule has 1 atom stereocenters. The fourth-order valence-electron chi connectivity index (χ4n) is 2.68. The minimum atomic E-state index is -0.101.